The molecule has 0 unspecified atom stereocenters. The highest BCUT2D eigenvalue weighted by atomic mass is 16.7. The molecule has 0 heterocycles. The van der Waals surface area contributed by atoms with Gasteiger partial charge in [0.1, 0.15) is 5.75 Å². The van der Waals surface area contributed by atoms with Gasteiger partial charge < -0.3 is 14.7 Å². The Morgan fingerprint density at radius 2 is 2.16 bits per heavy atom. The van der Waals surface area contributed by atoms with Gasteiger partial charge in [-0.05, 0) is 39.5 Å². The molecule has 0 amide bonds. The van der Waals surface area contributed by atoms with Gasteiger partial charge in [0.05, 0.1) is 4.92 Å². The second-order valence-corrected chi connectivity index (χ2v) is 4.32. The molecule has 0 aromatic heterocycles. The molecule has 1 N–H and O–H groups in total. The van der Waals surface area contributed by atoms with Crippen LogP contribution in [0.4, 0.5) is 10.5 Å². The van der Waals surface area contributed by atoms with Crippen molar-refractivity contribution in [2.24, 2.45) is 0 Å². The summed E-state index contributed by atoms with van der Waals surface area (Å²) in [4.78, 5) is 22.7. The Morgan fingerprint density at radius 3 is 2.68 bits per heavy atom. The number of rotatable bonds is 6. The zero-order valence-corrected chi connectivity index (χ0v) is 10.8. The van der Waals surface area contributed by atoms with E-state index < -0.39 is 11.1 Å². The molecule has 104 valence electrons. The van der Waals surface area contributed by atoms with E-state index in [1.54, 1.807) is 0 Å². The zero-order valence-electron chi connectivity index (χ0n) is 10.8. The van der Waals surface area contributed by atoms with Crippen LogP contribution in [-0.2, 0) is 6.42 Å². The van der Waals surface area contributed by atoms with Gasteiger partial charge in [-0.2, -0.15) is 0 Å². The van der Waals surface area contributed by atoms with Crippen molar-refractivity contribution in [1.82, 2.24) is 4.90 Å². The van der Waals surface area contributed by atoms with E-state index in [0.29, 0.717) is 12.0 Å². The van der Waals surface area contributed by atoms with Gasteiger partial charge in [0.2, 0.25) is 0 Å². The van der Waals surface area contributed by atoms with Crippen molar-refractivity contribution in [3.05, 3.63) is 33.9 Å². The summed E-state index contributed by atoms with van der Waals surface area (Å²) in [7, 11) is 3.84. The van der Waals surface area contributed by atoms with Crippen LogP contribution in [0.2, 0.25) is 0 Å². The number of non-ortho nitro benzene ring substituents is 1. The number of carboxylic acid groups (broad SMARTS) is 1. The summed E-state index contributed by atoms with van der Waals surface area (Å²) in [6.45, 7) is 0.801. The number of carbonyl (C=O) groups is 1. The number of nitrogens with zero attached hydrogens (tertiary/aromatic N) is 2. The molecule has 0 saturated carbocycles. The third kappa shape index (κ3) is 4.92. The van der Waals surface area contributed by atoms with E-state index in [9.17, 15) is 14.9 Å². The number of ether oxygens (including phenoxy) is 1. The highest BCUT2D eigenvalue weighted by Gasteiger charge is 2.13. The lowest BCUT2D eigenvalue weighted by atomic mass is 10.1. The van der Waals surface area contributed by atoms with Crippen molar-refractivity contribution in [1.29, 1.82) is 0 Å². The van der Waals surface area contributed by atoms with E-state index in [-0.39, 0.29) is 11.4 Å². The summed E-state index contributed by atoms with van der Waals surface area (Å²) in [6, 6.07) is 3.90. The average molecular weight is 268 g/mol. The molecule has 0 fully saturated rings. The minimum atomic E-state index is -1.43. The fourth-order valence-electron chi connectivity index (χ4n) is 1.65. The van der Waals surface area contributed by atoms with Crippen LogP contribution in [0.25, 0.3) is 0 Å². The van der Waals surface area contributed by atoms with Gasteiger partial charge in [0, 0.05) is 17.7 Å². The van der Waals surface area contributed by atoms with E-state index in [2.05, 4.69) is 4.74 Å². The van der Waals surface area contributed by atoms with Crippen molar-refractivity contribution >= 4 is 11.8 Å². The Labute approximate surface area is 110 Å². The summed E-state index contributed by atoms with van der Waals surface area (Å²) in [6.07, 6.45) is -0.158. The van der Waals surface area contributed by atoms with E-state index >= 15 is 0 Å². The third-order valence-corrected chi connectivity index (χ3v) is 2.50. The van der Waals surface area contributed by atoms with Gasteiger partial charge in [-0.1, -0.05) is 0 Å². The molecule has 0 saturated heterocycles. The van der Waals surface area contributed by atoms with Crippen molar-refractivity contribution < 1.29 is 19.6 Å². The molecule has 0 bridgehead atoms. The lowest BCUT2D eigenvalue weighted by Crippen LogP contribution is -2.14. The molecule has 1 rings (SSSR count). The zero-order chi connectivity index (χ0) is 14.4. The maximum Gasteiger partial charge on any atom is 0.511 e. The van der Waals surface area contributed by atoms with E-state index in [4.69, 9.17) is 5.11 Å². The van der Waals surface area contributed by atoms with Gasteiger partial charge in [-0.25, -0.2) is 4.79 Å². The smallest absolute Gasteiger partial charge is 0.449 e. The summed E-state index contributed by atoms with van der Waals surface area (Å²) < 4.78 is 4.62. The maximum absolute atomic E-state index is 10.7. The van der Waals surface area contributed by atoms with Gasteiger partial charge in [-0.3, -0.25) is 10.1 Å². The Bertz CT molecular complexity index is 473. The van der Waals surface area contributed by atoms with Crippen LogP contribution in [0.3, 0.4) is 0 Å². The predicted molar refractivity (Wildman–Crippen MR) is 68.6 cm³/mol. The second-order valence-electron chi connectivity index (χ2n) is 4.32. The van der Waals surface area contributed by atoms with Crippen LogP contribution in [0, 0.1) is 10.1 Å². The SMILES string of the molecule is CN(C)CCCc1cc([N+](=O)[O-])ccc1OC(=O)O. The lowest BCUT2D eigenvalue weighted by molar-refractivity contribution is -0.384. The van der Waals surface area contributed by atoms with E-state index in [1.165, 1.54) is 18.2 Å². The first-order valence-corrected chi connectivity index (χ1v) is 5.73. The number of hydrogen-bond acceptors (Lipinski definition) is 5. The molecule has 0 aliphatic heterocycles. The van der Waals surface area contributed by atoms with Crippen molar-refractivity contribution in [3.63, 3.8) is 0 Å². The third-order valence-electron chi connectivity index (χ3n) is 2.50. The number of aryl methyl sites for hydroxylation is 1. The first-order valence-electron chi connectivity index (χ1n) is 5.73. The summed E-state index contributed by atoms with van der Waals surface area (Å²) in [5, 5.41) is 19.3. The molecule has 0 radical (unpaired) electrons. The highest BCUT2D eigenvalue weighted by Crippen LogP contribution is 2.25. The monoisotopic (exact) mass is 268 g/mol. The normalized spacial score (nSPS) is 10.5. The van der Waals surface area contributed by atoms with Crippen LogP contribution in [0.1, 0.15) is 12.0 Å². The van der Waals surface area contributed by atoms with Gasteiger partial charge in [0.15, 0.2) is 0 Å². The number of hydrogen-bond donors (Lipinski definition) is 1. The van der Waals surface area contributed by atoms with Crippen molar-refractivity contribution in [2.45, 2.75) is 12.8 Å². The van der Waals surface area contributed by atoms with Crippen LogP contribution < -0.4 is 4.74 Å². The summed E-state index contributed by atoms with van der Waals surface area (Å²) in [5.41, 5.74) is 0.455. The Balaban J connectivity index is 2.90. The number of nitro groups is 1. The molecule has 0 aliphatic rings. The van der Waals surface area contributed by atoms with Gasteiger partial charge in [0.25, 0.3) is 5.69 Å². The number of benzene rings is 1. The average Bonchev–Trinajstić information content (AvgIpc) is 2.29. The largest absolute Gasteiger partial charge is 0.511 e. The molecule has 0 spiro atoms. The van der Waals surface area contributed by atoms with Crippen molar-refractivity contribution in [2.75, 3.05) is 20.6 Å². The molecule has 1 aromatic carbocycles. The van der Waals surface area contributed by atoms with Crippen LogP contribution in [0.15, 0.2) is 18.2 Å². The first-order chi connectivity index (χ1) is 8.90. The van der Waals surface area contributed by atoms with Crippen LogP contribution in [-0.4, -0.2) is 41.7 Å². The molecule has 7 nitrogen and oxygen atoms in total. The molecule has 7 heteroatoms. The fourth-order valence-corrected chi connectivity index (χ4v) is 1.65. The molecular formula is C12H16N2O5. The van der Waals surface area contributed by atoms with Gasteiger partial charge in [-0.15, -0.1) is 0 Å². The highest BCUT2D eigenvalue weighted by molar-refractivity contribution is 5.62. The Kier molecular flexibility index (Phi) is 5.25. The molecular weight excluding hydrogens is 252 g/mol. The van der Waals surface area contributed by atoms with Gasteiger partial charge >= 0.3 is 6.16 Å². The minimum Gasteiger partial charge on any atom is -0.449 e. The molecule has 19 heavy (non-hydrogen) atoms. The van der Waals surface area contributed by atoms with E-state index in [1.807, 2.05) is 19.0 Å². The quantitative estimate of drug-likeness (QED) is 0.368. The summed E-state index contributed by atoms with van der Waals surface area (Å²) >= 11 is 0. The topological polar surface area (TPSA) is 92.9 Å². The Morgan fingerprint density at radius 1 is 1.47 bits per heavy atom. The van der Waals surface area contributed by atoms with E-state index in [0.717, 1.165) is 13.0 Å². The molecule has 0 aliphatic carbocycles. The fraction of sp³-hybridized carbons (Fsp3) is 0.417. The standard InChI is InChI=1S/C12H16N2O5/c1-13(2)7-3-4-9-8-10(14(17)18)5-6-11(9)19-12(15)16/h5-6,8H,3-4,7H2,1-2H3,(H,15,16). The number of nitro benzene ring substituents is 1. The minimum absolute atomic E-state index is 0.0717. The van der Waals surface area contributed by atoms with Crippen LogP contribution in [0.5, 0.6) is 5.75 Å². The predicted octanol–water partition coefficient (Wildman–Crippen LogP) is 2.15. The lowest BCUT2D eigenvalue weighted by Gasteiger charge is -2.11. The van der Waals surface area contributed by atoms with Crippen molar-refractivity contribution in [3.8, 4) is 5.75 Å². The summed E-state index contributed by atoms with van der Waals surface area (Å²) in [5.74, 6) is 0.150. The Hall–Kier alpha value is -2.15. The first kappa shape index (κ1) is 14.9. The molecule has 0 atom stereocenters. The second kappa shape index (κ2) is 6.69. The maximum atomic E-state index is 10.7. The van der Waals surface area contributed by atoms with Crippen LogP contribution >= 0.6 is 0 Å². The molecule has 1 aromatic rings.